The molecule has 0 spiro atoms. The van der Waals surface area contributed by atoms with Gasteiger partial charge in [0, 0.05) is 10.1 Å². The third-order valence-corrected chi connectivity index (χ3v) is 3.52. The van der Waals surface area contributed by atoms with E-state index < -0.39 is 0 Å². The van der Waals surface area contributed by atoms with Crippen LogP contribution in [0, 0.1) is 3.57 Å². The molecule has 20 heavy (non-hydrogen) atoms. The Balaban J connectivity index is 2.35. The molecule has 1 aromatic carbocycles. The van der Waals surface area contributed by atoms with E-state index in [2.05, 4.69) is 51.7 Å². The first kappa shape index (κ1) is 15.0. The molecule has 0 aliphatic rings. The SMILES string of the molecule is CCNc1ncnc(Oc2ccc(I)cc2)c1C(C)C. The molecule has 0 bridgehead atoms. The van der Waals surface area contributed by atoms with Gasteiger partial charge in [-0.2, -0.15) is 0 Å². The number of benzene rings is 1. The van der Waals surface area contributed by atoms with Crippen LogP contribution in [0.5, 0.6) is 11.6 Å². The fourth-order valence-electron chi connectivity index (χ4n) is 1.90. The topological polar surface area (TPSA) is 47.0 Å². The van der Waals surface area contributed by atoms with Crippen molar-refractivity contribution in [2.45, 2.75) is 26.7 Å². The first-order chi connectivity index (χ1) is 9.61. The van der Waals surface area contributed by atoms with E-state index in [9.17, 15) is 0 Å². The van der Waals surface area contributed by atoms with Gasteiger partial charge in [-0.15, -0.1) is 0 Å². The van der Waals surface area contributed by atoms with Crippen molar-refractivity contribution in [2.75, 3.05) is 11.9 Å². The molecule has 1 aromatic heterocycles. The van der Waals surface area contributed by atoms with Gasteiger partial charge >= 0.3 is 0 Å². The summed E-state index contributed by atoms with van der Waals surface area (Å²) in [5.41, 5.74) is 1.01. The first-order valence-electron chi connectivity index (χ1n) is 6.64. The van der Waals surface area contributed by atoms with Crippen LogP contribution in [-0.4, -0.2) is 16.5 Å². The van der Waals surface area contributed by atoms with Crippen molar-refractivity contribution in [3.05, 3.63) is 39.7 Å². The molecule has 1 N–H and O–H groups in total. The van der Waals surface area contributed by atoms with Gasteiger partial charge in [-0.1, -0.05) is 13.8 Å². The summed E-state index contributed by atoms with van der Waals surface area (Å²) in [5, 5.41) is 3.26. The quantitative estimate of drug-likeness (QED) is 0.777. The smallest absolute Gasteiger partial charge is 0.227 e. The predicted octanol–water partition coefficient (Wildman–Crippen LogP) is 4.43. The fraction of sp³-hybridized carbons (Fsp3) is 0.333. The van der Waals surface area contributed by atoms with Crippen molar-refractivity contribution in [3.8, 4) is 11.6 Å². The fourth-order valence-corrected chi connectivity index (χ4v) is 2.26. The minimum absolute atomic E-state index is 0.282. The molecular formula is C15H18IN3O. The van der Waals surface area contributed by atoms with Crippen molar-refractivity contribution in [3.63, 3.8) is 0 Å². The zero-order valence-corrected chi connectivity index (χ0v) is 14.0. The highest BCUT2D eigenvalue weighted by Gasteiger charge is 2.16. The number of aromatic nitrogens is 2. The number of anilines is 1. The van der Waals surface area contributed by atoms with Crippen molar-refractivity contribution >= 4 is 28.4 Å². The highest BCUT2D eigenvalue weighted by molar-refractivity contribution is 14.1. The maximum Gasteiger partial charge on any atom is 0.227 e. The Hall–Kier alpha value is -1.37. The number of ether oxygens (including phenoxy) is 1. The molecule has 0 radical (unpaired) electrons. The van der Waals surface area contributed by atoms with E-state index in [4.69, 9.17) is 4.74 Å². The Morgan fingerprint density at radius 1 is 1.20 bits per heavy atom. The summed E-state index contributed by atoms with van der Waals surface area (Å²) in [5.74, 6) is 2.53. The minimum Gasteiger partial charge on any atom is -0.439 e. The zero-order chi connectivity index (χ0) is 14.5. The van der Waals surface area contributed by atoms with Gasteiger partial charge in [0.25, 0.3) is 0 Å². The second-order valence-electron chi connectivity index (χ2n) is 4.68. The first-order valence-corrected chi connectivity index (χ1v) is 7.71. The lowest BCUT2D eigenvalue weighted by molar-refractivity contribution is 0.451. The number of halogens is 1. The van der Waals surface area contributed by atoms with Gasteiger partial charge in [0.15, 0.2) is 0 Å². The summed E-state index contributed by atoms with van der Waals surface area (Å²) >= 11 is 2.27. The molecule has 106 valence electrons. The Bertz CT molecular complexity index is 570. The lowest BCUT2D eigenvalue weighted by Gasteiger charge is -2.16. The summed E-state index contributed by atoms with van der Waals surface area (Å²) < 4.78 is 7.09. The van der Waals surface area contributed by atoms with Crippen LogP contribution < -0.4 is 10.1 Å². The van der Waals surface area contributed by atoms with Crippen LogP contribution in [0.2, 0.25) is 0 Å². The van der Waals surface area contributed by atoms with Crippen LogP contribution in [0.4, 0.5) is 5.82 Å². The second-order valence-corrected chi connectivity index (χ2v) is 5.93. The predicted molar refractivity (Wildman–Crippen MR) is 89.5 cm³/mol. The van der Waals surface area contributed by atoms with Gasteiger partial charge in [0.2, 0.25) is 5.88 Å². The van der Waals surface area contributed by atoms with Crippen LogP contribution >= 0.6 is 22.6 Å². The van der Waals surface area contributed by atoms with Crippen LogP contribution in [0.3, 0.4) is 0 Å². The van der Waals surface area contributed by atoms with Crippen LogP contribution in [0.1, 0.15) is 32.3 Å². The third-order valence-electron chi connectivity index (χ3n) is 2.80. The molecule has 0 fully saturated rings. The summed E-state index contributed by atoms with van der Waals surface area (Å²) in [4.78, 5) is 8.59. The maximum atomic E-state index is 5.92. The monoisotopic (exact) mass is 383 g/mol. The average molecular weight is 383 g/mol. The van der Waals surface area contributed by atoms with Crippen LogP contribution in [0.15, 0.2) is 30.6 Å². The third kappa shape index (κ3) is 3.59. The highest BCUT2D eigenvalue weighted by atomic mass is 127. The number of hydrogen-bond donors (Lipinski definition) is 1. The number of hydrogen-bond acceptors (Lipinski definition) is 4. The Labute approximate surface area is 133 Å². The van der Waals surface area contributed by atoms with E-state index in [0.717, 1.165) is 23.7 Å². The highest BCUT2D eigenvalue weighted by Crippen LogP contribution is 2.32. The molecule has 2 aromatic rings. The number of nitrogens with zero attached hydrogens (tertiary/aromatic N) is 2. The lowest BCUT2D eigenvalue weighted by atomic mass is 10.1. The summed E-state index contributed by atoms with van der Waals surface area (Å²) in [6.07, 6.45) is 1.53. The largest absolute Gasteiger partial charge is 0.439 e. The molecule has 5 heteroatoms. The van der Waals surface area contributed by atoms with E-state index in [1.165, 1.54) is 9.90 Å². The van der Waals surface area contributed by atoms with Gasteiger partial charge in [-0.05, 0) is 59.7 Å². The van der Waals surface area contributed by atoms with E-state index in [1.54, 1.807) is 0 Å². The normalized spacial score (nSPS) is 10.7. The lowest BCUT2D eigenvalue weighted by Crippen LogP contribution is -2.07. The summed E-state index contributed by atoms with van der Waals surface area (Å²) in [6, 6.07) is 7.91. The van der Waals surface area contributed by atoms with Gasteiger partial charge in [-0.25, -0.2) is 9.97 Å². The molecule has 0 saturated carbocycles. The summed E-state index contributed by atoms with van der Waals surface area (Å²) in [7, 11) is 0. The zero-order valence-electron chi connectivity index (χ0n) is 11.9. The Morgan fingerprint density at radius 2 is 1.90 bits per heavy atom. The number of rotatable bonds is 5. The minimum atomic E-state index is 0.282. The summed E-state index contributed by atoms with van der Waals surface area (Å²) in [6.45, 7) is 7.09. The molecule has 4 nitrogen and oxygen atoms in total. The van der Waals surface area contributed by atoms with E-state index in [0.29, 0.717) is 5.88 Å². The molecule has 0 aliphatic carbocycles. The Kier molecular flexibility index (Phi) is 5.17. The average Bonchev–Trinajstić information content (AvgIpc) is 2.41. The number of nitrogens with one attached hydrogen (secondary N) is 1. The maximum absolute atomic E-state index is 5.92. The second kappa shape index (κ2) is 6.88. The molecule has 2 rings (SSSR count). The van der Waals surface area contributed by atoms with Crippen LogP contribution in [0.25, 0.3) is 0 Å². The van der Waals surface area contributed by atoms with Gasteiger partial charge < -0.3 is 10.1 Å². The van der Waals surface area contributed by atoms with Gasteiger partial charge in [0.05, 0.1) is 5.56 Å². The van der Waals surface area contributed by atoms with Crippen molar-refractivity contribution in [1.29, 1.82) is 0 Å². The molecule has 0 amide bonds. The van der Waals surface area contributed by atoms with Gasteiger partial charge in [-0.3, -0.25) is 0 Å². The van der Waals surface area contributed by atoms with Crippen molar-refractivity contribution in [1.82, 2.24) is 9.97 Å². The van der Waals surface area contributed by atoms with E-state index >= 15 is 0 Å². The van der Waals surface area contributed by atoms with Gasteiger partial charge in [0.1, 0.15) is 17.9 Å². The standard InChI is InChI=1S/C15H18IN3O/c1-4-17-14-13(10(2)3)15(19-9-18-14)20-12-7-5-11(16)6-8-12/h5-10H,4H2,1-3H3,(H,17,18,19). The molecule has 0 unspecified atom stereocenters. The van der Waals surface area contributed by atoms with Crippen molar-refractivity contribution in [2.24, 2.45) is 0 Å². The van der Waals surface area contributed by atoms with E-state index in [-0.39, 0.29) is 5.92 Å². The molecule has 1 heterocycles. The molecule has 0 aliphatic heterocycles. The molecule has 0 saturated heterocycles. The molecular weight excluding hydrogens is 365 g/mol. The van der Waals surface area contributed by atoms with Crippen LogP contribution in [-0.2, 0) is 0 Å². The van der Waals surface area contributed by atoms with Crippen molar-refractivity contribution < 1.29 is 4.74 Å². The van der Waals surface area contributed by atoms with E-state index in [1.807, 2.05) is 31.2 Å². The Morgan fingerprint density at radius 3 is 2.50 bits per heavy atom. The molecule has 0 atom stereocenters.